The number of rotatable bonds is 2. The average molecular weight is 261 g/mol. The van der Waals surface area contributed by atoms with E-state index < -0.39 is 0 Å². The summed E-state index contributed by atoms with van der Waals surface area (Å²) in [5.41, 5.74) is 1.86. The average Bonchev–Trinajstić information content (AvgIpc) is 2.77. The topological polar surface area (TPSA) is 17.8 Å². The molecule has 0 aliphatic carbocycles. The molecule has 0 aliphatic heterocycles. The van der Waals surface area contributed by atoms with Crippen LogP contribution in [0.2, 0.25) is 5.02 Å². The SMILES string of the molecule is Fc1ccc(Cn2ccc3c(Cl)ccnc32)cc1. The molecule has 0 aliphatic rings. The molecule has 18 heavy (non-hydrogen) atoms. The van der Waals surface area contributed by atoms with E-state index in [9.17, 15) is 4.39 Å². The van der Waals surface area contributed by atoms with Gasteiger partial charge in [-0.25, -0.2) is 9.37 Å². The maximum absolute atomic E-state index is 12.8. The standard InChI is InChI=1S/C14H10ClFN2/c15-13-5-7-17-14-12(13)6-8-18(14)9-10-1-3-11(16)4-2-10/h1-8H,9H2. The Bertz CT molecular complexity index is 689. The third-order valence-corrected chi connectivity index (χ3v) is 3.20. The summed E-state index contributed by atoms with van der Waals surface area (Å²) in [5, 5.41) is 1.62. The molecule has 1 aromatic carbocycles. The molecule has 0 N–H and O–H groups in total. The smallest absolute Gasteiger partial charge is 0.141 e. The Morgan fingerprint density at radius 2 is 1.89 bits per heavy atom. The first-order valence-electron chi connectivity index (χ1n) is 5.58. The van der Waals surface area contributed by atoms with Crippen molar-refractivity contribution in [2.45, 2.75) is 6.54 Å². The van der Waals surface area contributed by atoms with Crippen LogP contribution in [-0.2, 0) is 6.54 Å². The molecule has 0 saturated heterocycles. The number of aromatic nitrogens is 2. The highest BCUT2D eigenvalue weighted by Gasteiger charge is 2.05. The van der Waals surface area contributed by atoms with E-state index in [-0.39, 0.29) is 5.82 Å². The minimum absolute atomic E-state index is 0.225. The lowest BCUT2D eigenvalue weighted by molar-refractivity contribution is 0.626. The number of nitrogens with zero attached hydrogens (tertiary/aromatic N) is 2. The van der Waals surface area contributed by atoms with E-state index in [1.165, 1.54) is 12.1 Å². The molecule has 3 rings (SSSR count). The first-order valence-corrected chi connectivity index (χ1v) is 5.95. The van der Waals surface area contributed by atoms with Gasteiger partial charge in [0.15, 0.2) is 0 Å². The van der Waals surface area contributed by atoms with Crippen molar-refractivity contribution in [2.24, 2.45) is 0 Å². The lowest BCUT2D eigenvalue weighted by atomic mass is 10.2. The van der Waals surface area contributed by atoms with Gasteiger partial charge in [0.2, 0.25) is 0 Å². The Morgan fingerprint density at radius 3 is 2.67 bits per heavy atom. The van der Waals surface area contributed by atoms with Gasteiger partial charge >= 0.3 is 0 Å². The minimum Gasteiger partial charge on any atom is -0.328 e. The van der Waals surface area contributed by atoms with Crippen LogP contribution in [0.15, 0.2) is 48.8 Å². The summed E-state index contributed by atoms with van der Waals surface area (Å²) in [5.74, 6) is -0.225. The molecule has 0 unspecified atom stereocenters. The summed E-state index contributed by atoms with van der Waals surface area (Å²) < 4.78 is 14.8. The van der Waals surface area contributed by atoms with Gasteiger partial charge in [-0.3, -0.25) is 0 Å². The Kier molecular flexibility index (Phi) is 2.76. The van der Waals surface area contributed by atoms with Gasteiger partial charge < -0.3 is 4.57 Å². The van der Waals surface area contributed by atoms with Gasteiger partial charge in [-0.2, -0.15) is 0 Å². The summed E-state index contributed by atoms with van der Waals surface area (Å²) >= 11 is 6.09. The van der Waals surface area contributed by atoms with Gasteiger partial charge in [0.25, 0.3) is 0 Å². The maximum Gasteiger partial charge on any atom is 0.141 e. The molecule has 3 aromatic rings. The van der Waals surface area contributed by atoms with Crippen LogP contribution in [0.3, 0.4) is 0 Å². The van der Waals surface area contributed by atoms with E-state index in [0.29, 0.717) is 11.6 Å². The Morgan fingerprint density at radius 1 is 1.11 bits per heavy atom. The maximum atomic E-state index is 12.8. The summed E-state index contributed by atoms with van der Waals surface area (Å²) in [6.07, 6.45) is 3.62. The van der Waals surface area contributed by atoms with Crippen molar-refractivity contribution in [3.05, 3.63) is 65.2 Å². The second-order valence-electron chi connectivity index (χ2n) is 4.10. The van der Waals surface area contributed by atoms with Crippen LogP contribution in [0, 0.1) is 5.82 Å². The van der Waals surface area contributed by atoms with Gasteiger partial charge in [0.1, 0.15) is 11.5 Å². The highest BCUT2D eigenvalue weighted by molar-refractivity contribution is 6.35. The molecule has 2 heterocycles. The van der Waals surface area contributed by atoms with Gasteiger partial charge in [0.05, 0.1) is 5.02 Å². The number of hydrogen-bond donors (Lipinski definition) is 0. The van der Waals surface area contributed by atoms with E-state index in [0.717, 1.165) is 16.6 Å². The Balaban J connectivity index is 2.00. The molecular weight excluding hydrogens is 251 g/mol. The molecule has 90 valence electrons. The van der Waals surface area contributed by atoms with Crippen molar-refractivity contribution in [1.29, 1.82) is 0 Å². The van der Waals surface area contributed by atoms with Crippen LogP contribution >= 0.6 is 11.6 Å². The normalized spacial score (nSPS) is 11.0. The third kappa shape index (κ3) is 1.97. The molecule has 0 fully saturated rings. The first kappa shape index (κ1) is 11.2. The van der Waals surface area contributed by atoms with E-state index in [2.05, 4.69) is 4.98 Å². The van der Waals surface area contributed by atoms with Crippen LogP contribution in [0.5, 0.6) is 0 Å². The molecule has 0 saturated carbocycles. The zero-order valence-electron chi connectivity index (χ0n) is 9.48. The zero-order chi connectivity index (χ0) is 12.5. The predicted octanol–water partition coefficient (Wildman–Crippen LogP) is 3.88. The Labute approximate surface area is 109 Å². The number of fused-ring (bicyclic) bond motifs is 1. The van der Waals surface area contributed by atoms with E-state index >= 15 is 0 Å². The fourth-order valence-corrected chi connectivity index (χ4v) is 2.18. The summed E-state index contributed by atoms with van der Waals surface area (Å²) in [7, 11) is 0. The molecule has 4 heteroatoms. The molecule has 0 bridgehead atoms. The van der Waals surface area contributed by atoms with Crippen molar-refractivity contribution < 1.29 is 4.39 Å². The van der Waals surface area contributed by atoms with E-state index in [1.807, 2.05) is 16.8 Å². The fourth-order valence-electron chi connectivity index (χ4n) is 1.97. The Hall–Kier alpha value is -1.87. The fraction of sp³-hybridized carbons (Fsp3) is 0.0714. The molecule has 2 aromatic heterocycles. The van der Waals surface area contributed by atoms with Crippen molar-refractivity contribution in [1.82, 2.24) is 9.55 Å². The van der Waals surface area contributed by atoms with Crippen molar-refractivity contribution in [3.63, 3.8) is 0 Å². The summed E-state index contributed by atoms with van der Waals surface area (Å²) in [6, 6.07) is 10.2. The van der Waals surface area contributed by atoms with E-state index in [1.54, 1.807) is 24.4 Å². The monoisotopic (exact) mass is 260 g/mol. The highest BCUT2D eigenvalue weighted by Crippen LogP contribution is 2.22. The highest BCUT2D eigenvalue weighted by atomic mass is 35.5. The van der Waals surface area contributed by atoms with Crippen molar-refractivity contribution in [3.8, 4) is 0 Å². The quantitative estimate of drug-likeness (QED) is 0.684. The van der Waals surface area contributed by atoms with Gasteiger partial charge in [0, 0.05) is 24.3 Å². The minimum atomic E-state index is -0.225. The molecular formula is C14H10ClFN2. The van der Waals surface area contributed by atoms with Crippen molar-refractivity contribution >= 4 is 22.6 Å². The number of benzene rings is 1. The lowest BCUT2D eigenvalue weighted by Gasteiger charge is -2.05. The van der Waals surface area contributed by atoms with Crippen LogP contribution in [0.25, 0.3) is 11.0 Å². The second-order valence-corrected chi connectivity index (χ2v) is 4.51. The predicted molar refractivity (Wildman–Crippen MR) is 70.2 cm³/mol. The first-order chi connectivity index (χ1) is 8.74. The lowest BCUT2D eigenvalue weighted by Crippen LogP contribution is -1.99. The van der Waals surface area contributed by atoms with Gasteiger partial charge in [-0.1, -0.05) is 23.7 Å². The molecule has 0 spiro atoms. The van der Waals surface area contributed by atoms with Gasteiger partial charge in [-0.05, 0) is 29.8 Å². The zero-order valence-corrected chi connectivity index (χ0v) is 10.2. The number of pyridine rings is 1. The summed E-state index contributed by atoms with van der Waals surface area (Å²) in [4.78, 5) is 4.32. The summed E-state index contributed by atoms with van der Waals surface area (Å²) in [6.45, 7) is 0.650. The van der Waals surface area contributed by atoms with Crippen LogP contribution < -0.4 is 0 Å². The van der Waals surface area contributed by atoms with E-state index in [4.69, 9.17) is 11.6 Å². The van der Waals surface area contributed by atoms with Crippen LogP contribution in [0.1, 0.15) is 5.56 Å². The number of hydrogen-bond acceptors (Lipinski definition) is 1. The molecule has 0 radical (unpaired) electrons. The largest absolute Gasteiger partial charge is 0.328 e. The number of halogens is 2. The molecule has 0 amide bonds. The van der Waals surface area contributed by atoms with Crippen LogP contribution in [-0.4, -0.2) is 9.55 Å². The van der Waals surface area contributed by atoms with Crippen molar-refractivity contribution in [2.75, 3.05) is 0 Å². The third-order valence-electron chi connectivity index (χ3n) is 2.88. The second kappa shape index (κ2) is 4.42. The van der Waals surface area contributed by atoms with Crippen LogP contribution in [0.4, 0.5) is 4.39 Å². The van der Waals surface area contributed by atoms with Gasteiger partial charge in [-0.15, -0.1) is 0 Å². The molecule has 2 nitrogen and oxygen atoms in total. The molecule has 0 atom stereocenters.